The first-order valence-corrected chi connectivity index (χ1v) is 6.85. The Morgan fingerprint density at radius 1 is 1.20 bits per heavy atom. The number of fused-ring (bicyclic) bond motifs is 3. The van der Waals surface area contributed by atoms with Gasteiger partial charge in [-0.15, -0.1) is 0 Å². The lowest BCUT2D eigenvalue weighted by molar-refractivity contribution is -0.141. The van der Waals surface area contributed by atoms with Gasteiger partial charge in [0.2, 0.25) is 0 Å². The van der Waals surface area contributed by atoms with Crippen molar-refractivity contribution in [3.63, 3.8) is 0 Å². The molecule has 1 unspecified atom stereocenters. The molecule has 0 fully saturated rings. The van der Waals surface area contributed by atoms with Crippen molar-refractivity contribution in [2.75, 3.05) is 7.11 Å². The molecular weight excluding hydrogens is 250 g/mol. The summed E-state index contributed by atoms with van der Waals surface area (Å²) < 4.78 is 4.91. The van der Waals surface area contributed by atoms with Crippen molar-refractivity contribution >= 4 is 5.97 Å². The van der Waals surface area contributed by atoms with E-state index in [9.17, 15) is 4.79 Å². The molecule has 0 amide bonds. The first-order chi connectivity index (χ1) is 9.73. The number of rotatable bonds is 3. The summed E-state index contributed by atoms with van der Waals surface area (Å²) in [4.78, 5) is 16.4. The molecule has 1 heterocycles. The van der Waals surface area contributed by atoms with E-state index in [1.54, 1.807) is 6.20 Å². The van der Waals surface area contributed by atoms with Crippen LogP contribution in [0.3, 0.4) is 0 Å². The van der Waals surface area contributed by atoms with Gasteiger partial charge in [0.25, 0.3) is 0 Å². The fourth-order valence-corrected chi connectivity index (χ4v) is 3.27. The number of pyridine rings is 1. The Hall–Kier alpha value is -2.16. The molecule has 1 atom stereocenters. The summed E-state index contributed by atoms with van der Waals surface area (Å²) in [6.45, 7) is 2.11. The van der Waals surface area contributed by atoms with E-state index in [-0.39, 0.29) is 11.4 Å². The van der Waals surface area contributed by atoms with Gasteiger partial charge in [0, 0.05) is 17.2 Å². The molecule has 1 aromatic heterocycles. The van der Waals surface area contributed by atoms with Crippen LogP contribution in [0, 0.1) is 0 Å². The third kappa shape index (κ3) is 1.66. The van der Waals surface area contributed by atoms with Crippen LogP contribution >= 0.6 is 0 Å². The maximum atomic E-state index is 11.9. The molecule has 3 rings (SSSR count). The summed E-state index contributed by atoms with van der Waals surface area (Å²) in [5.74, 6) is -0.182. The molecule has 0 N–H and O–H groups in total. The van der Waals surface area contributed by atoms with Crippen LogP contribution in [0.5, 0.6) is 0 Å². The average Bonchev–Trinajstić information content (AvgIpc) is 2.79. The minimum Gasteiger partial charge on any atom is -0.469 e. The van der Waals surface area contributed by atoms with E-state index in [0.717, 1.165) is 23.2 Å². The van der Waals surface area contributed by atoms with Crippen molar-refractivity contribution in [3.8, 4) is 11.3 Å². The number of nitrogens with zero attached hydrogens (tertiary/aromatic N) is 1. The second-order valence-corrected chi connectivity index (χ2v) is 5.13. The van der Waals surface area contributed by atoms with Gasteiger partial charge in [0.15, 0.2) is 0 Å². The van der Waals surface area contributed by atoms with Crippen LogP contribution in [0.25, 0.3) is 11.3 Å². The standard InChI is InChI=1S/C17H17NO2/c1-3-17(11-15(19)20-2)13-8-5-4-7-12(13)16-14(17)9-6-10-18-16/h4-10H,3,11H2,1-2H3. The number of aromatic nitrogens is 1. The van der Waals surface area contributed by atoms with E-state index in [0.29, 0.717) is 6.42 Å². The van der Waals surface area contributed by atoms with Gasteiger partial charge < -0.3 is 4.74 Å². The molecule has 1 aliphatic rings. The maximum absolute atomic E-state index is 11.9. The van der Waals surface area contributed by atoms with E-state index >= 15 is 0 Å². The summed E-state index contributed by atoms with van der Waals surface area (Å²) >= 11 is 0. The second-order valence-electron chi connectivity index (χ2n) is 5.13. The van der Waals surface area contributed by atoms with E-state index in [2.05, 4.69) is 30.1 Å². The van der Waals surface area contributed by atoms with Crippen LogP contribution in [0.15, 0.2) is 42.6 Å². The highest BCUT2D eigenvalue weighted by atomic mass is 16.5. The zero-order valence-electron chi connectivity index (χ0n) is 11.7. The van der Waals surface area contributed by atoms with Gasteiger partial charge in [-0.3, -0.25) is 9.78 Å². The highest BCUT2D eigenvalue weighted by Crippen LogP contribution is 2.51. The predicted molar refractivity (Wildman–Crippen MR) is 77.4 cm³/mol. The number of benzene rings is 1. The van der Waals surface area contributed by atoms with Crippen molar-refractivity contribution in [1.29, 1.82) is 0 Å². The highest BCUT2D eigenvalue weighted by molar-refractivity contribution is 5.82. The van der Waals surface area contributed by atoms with Crippen molar-refractivity contribution < 1.29 is 9.53 Å². The number of methoxy groups -OCH3 is 1. The van der Waals surface area contributed by atoms with Gasteiger partial charge in [0.1, 0.15) is 0 Å². The molecule has 2 aromatic rings. The summed E-state index contributed by atoms with van der Waals surface area (Å²) in [6, 6.07) is 12.2. The topological polar surface area (TPSA) is 39.2 Å². The fourth-order valence-electron chi connectivity index (χ4n) is 3.27. The Balaban J connectivity index is 2.26. The van der Waals surface area contributed by atoms with E-state index in [4.69, 9.17) is 4.74 Å². The molecular formula is C17H17NO2. The Kier molecular flexibility index (Phi) is 3.05. The van der Waals surface area contributed by atoms with E-state index in [1.807, 2.05) is 18.2 Å². The van der Waals surface area contributed by atoms with Crippen LogP contribution in [0.4, 0.5) is 0 Å². The number of carbonyl (C=O) groups is 1. The molecule has 1 aromatic carbocycles. The van der Waals surface area contributed by atoms with Gasteiger partial charge in [-0.1, -0.05) is 37.3 Å². The molecule has 0 bridgehead atoms. The molecule has 1 aliphatic carbocycles. The number of esters is 1. The maximum Gasteiger partial charge on any atom is 0.306 e. The molecule has 0 spiro atoms. The fraction of sp³-hybridized carbons (Fsp3) is 0.294. The van der Waals surface area contributed by atoms with Crippen molar-refractivity contribution in [2.45, 2.75) is 25.2 Å². The minimum atomic E-state index is -0.312. The van der Waals surface area contributed by atoms with Crippen LogP contribution in [-0.4, -0.2) is 18.1 Å². The zero-order valence-corrected chi connectivity index (χ0v) is 11.7. The number of ether oxygens (including phenoxy) is 1. The quantitative estimate of drug-likeness (QED) is 0.801. The Bertz CT molecular complexity index is 618. The van der Waals surface area contributed by atoms with E-state index in [1.165, 1.54) is 12.7 Å². The number of hydrogen-bond donors (Lipinski definition) is 0. The van der Waals surface area contributed by atoms with Crippen molar-refractivity contribution in [2.24, 2.45) is 0 Å². The lowest BCUT2D eigenvalue weighted by atomic mass is 9.73. The predicted octanol–water partition coefficient (Wildman–Crippen LogP) is 3.32. The van der Waals surface area contributed by atoms with Gasteiger partial charge in [-0.25, -0.2) is 0 Å². The van der Waals surface area contributed by atoms with Gasteiger partial charge in [-0.2, -0.15) is 0 Å². The largest absolute Gasteiger partial charge is 0.469 e. The summed E-state index contributed by atoms with van der Waals surface area (Å²) in [7, 11) is 1.44. The molecule has 0 saturated heterocycles. The number of hydrogen-bond acceptors (Lipinski definition) is 3. The monoisotopic (exact) mass is 267 g/mol. The SMILES string of the molecule is CCC1(CC(=O)OC)c2ccccc2-c2ncccc21. The molecule has 0 radical (unpaired) electrons. The first-order valence-electron chi connectivity index (χ1n) is 6.85. The Labute approximate surface area is 118 Å². The summed E-state index contributed by atoms with van der Waals surface area (Å²) in [5.41, 5.74) is 4.13. The summed E-state index contributed by atoms with van der Waals surface area (Å²) in [5, 5.41) is 0. The number of carbonyl (C=O) groups excluding carboxylic acids is 1. The van der Waals surface area contributed by atoms with Crippen LogP contribution in [0.2, 0.25) is 0 Å². The van der Waals surface area contributed by atoms with E-state index < -0.39 is 0 Å². The first kappa shape index (κ1) is 12.9. The van der Waals surface area contributed by atoms with Crippen LogP contribution in [-0.2, 0) is 14.9 Å². The molecule has 0 aliphatic heterocycles. The smallest absolute Gasteiger partial charge is 0.306 e. The third-order valence-electron chi connectivity index (χ3n) is 4.30. The minimum absolute atomic E-state index is 0.182. The van der Waals surface area contributed by atoms with Gasteiger partial charge in [0.05, 0.1) is 19.2 Å². The Morgan fingerprint density at radius 3 is 2.70 bits per heavy atom. The van der Waals surface area contributed by atoms with Crippen LogP contribution in [0.1, 0.15) is 30.9 Å². The van der Waals surface area contributed by atoms with Gasteiger partial charge in [-0.05, 0) is 23.6 Å². The lowest BCUT2D eigenvalue weighted by Gasteiger charge is -2.29. The molecule has 20 heavy (non-hydrogen) atoms. The average molecular weight is 267 g/mol. The van der Waals surface area contributed by atoms with Gasteiger partial charge >= 0.3 is 5.97 Å². The molecule has 3 nitrogen and oxygen atoms in total. The Morgan fingerprint density at radius 2 is 1.95 bits per heavy atom. The molecule has 3 heteroatoms. The zero-order chi connectivity index (χ0) is 14.2. The van der Waals surface area contributed by atoms with Crippen molar-refractivity contribution in [1.82, 2.24) is 4.98 Å². The lowest BCUT2D eigenvalue weighted by Crippen LogP contribution is -2.28. The molecule has 0 saturated carbocycles. The normalized spacial score (nSPS) is 19.3. The van der Waals surface area contributed by atoms with Crippen molar-refractivity contribution in [3.05, 3.63) is 53.7 Å². The third-order valence-corrected chi connectivity index (χ3v) is 4.30. The molecule has 102 valence electrons. The highest BCUT2D eigenvalue weighted by Gasteiger charge is 2.44. The van der Waals surface area contributed by atoms with Crippen LogP contribution < -0.4 is 0 Å². The second kappa shape index (κ2) is 4.75. The summed E-state index contributed by atoms with van der Waals surface area (Å²) in [6.07, 6.45) is 3.01.